The van der Waals surface area contributed by atoms with Gasteiger partial charge in [-0.25, -0.2) is 0 Å². The van der Waals surface area contributed by atoms with E-state index >= 15 is 0 Å². The van der Waals surface area contributed by atoms with Gasteiger partial charge in [0.15, 0.2) is 11.5 Å². The molecule has 0 spiro atoms. The lowest BCUT2D eigenvalue weighted by molar-refractivity contribution is 0.0547. The van der Waals surface area contributed by atoms with E-state index in [2.05, 4.69) is 25.6 Å². The van der Waals surface area contributed by atoms with Gasteiger partial charge in [0, 0.05) is 26.1 Å². The Balaban J connectivity index is 1.68. The zero-order valence-corrected chi connectivity index (χ0v) is 21.7. The smallest absolute Gasteiger partial charge is 0.228 e. The first-order valence-corrected chi connectivity index (χ1v) is 12.1. The van der Waals surface area contributed by atoms with E-state index in [1.54, 1.807) is 21.3 Å². The Labute approximate surface area is 217 Å². The number of nitrogens with zero attached hydrogens (tertiary/aromatic N) is 3. The molecule has 0 saturated carbocycles. The lowest BCUT2D eigenvalue weighted by Gasteiger charge is -2.15. The Hall–Kier alpha value is -3.67. The molecule has 0 aliphatic carbocycles. The van der Waals surface area contributed by atoms with Crippen LogP contribution < -0.4 is 30.6 Å². The summed E-state index contributed by atoms with van der Waals surface area (Å²) in [6.45, 7) is 3.51. The maximum absolute atomic E-state index is 5.58. The summed E-state index contributed by atoms with van der Waals surface area (Å²) in [5.74, 6) is 3.26. The molecule has 200 valence electrons. The molecular weight excluding hydrogens is 476 g/mol. The quantitative estimate of drug-likeness (QED) is 0.230. The zero-order valence-electron chi connectivity index (χ0n) is 21.7. The second-order valence-corrected chi connectivity index (χ2v) is 7.89. The molecular formula is C26H36N6O5. The fourth-order valence-electron chi connectivity index (χ4n) is 3.49. The van der Waals surface area contributed by atoms with Gasteiger partial charge in [-0.2, -0.15) is 15.0 Å². The molecule has 3 aromatic rings. The van der Waals surface area contributed by atoms with E-state index in [4.69, 9.17) is 29.4 Å². The van der Waals surface area contributed by atoms with Gasteiger partial charge in [-0.05, 0) is 23.3 Å². The van der Waals surface area contributed by atoms with Crippen molar-refractivity contribution in [3.05, 3.63) is 59.4 Å². The third kappa shape index (κ3) is 9.05. The van der Waals surface area contributed by atoms with Crippen LogP contribution in [0.3, 0.4) is 0 Å². The number of anilines is 2. The van der Waals surface area contributed by atoms with Crippen molar-refractivity contribution in [1.29, 1.82) is 0 Å². The molecule has 0 amide bonds. The zero-order chi connectivity index (χ0) is 26.3. The highest BCUT2D eigenvalue weighted by molar-refractivity contribution is 5.54. The first-order valence-electron chi connectivity index (χ1n) is 12.1. The highest BCUT2D eigenvalue weighted by Crippen LogP contribution is 2.38. The van der Waals surface area contributed by atoms with Crippen LogP contribution >= 0.6 is 0 Å². The summed E-state index contributed by atoms with van der Waals surface area (Å²) < 4.78 is 27.2. The van der Waals surface area contributed by atoms with Crippen LogP contribution in [0.15, 0.2) is 42.5 Å². The van der Waals surface area contributed by atoms with Gasteiger partial charge in [-0.3, -0.25) is 0 Å². The molecule has 0 saturated heterocycles. The average Bonchev–Trinajstić information content (AvgIpc) is 2.93. The van der Waals surface area contributed by atoms with Crippen molar-refractivity contribution < 1.29 is 23.7 Å². The third-order valence-electron chi connectivity index (χ3n) is 5.23. The van der Waals surface area contributed by atoms with Crippen molar-refractivity contribution in [3.63, 3.8) is 0 Å². The minimum Gasteiger partial charge on any atom is -0.493 e. The van der Waals surface area contributed by atoms with Crippen molar-refractivity contribution in [2.75, 3.05) is 71.5 Å². The monoisotopic (exact) mass is 512 g/mol. The number of aromatic nitrogens is 3. The number of methoxy groups -OCH3 is 3. The van der Waals surface area contributed by atoms with Gasteiger partial charge in [0.25, 0.3) is 0 Å². The second-order valence-electron chi connectivity index (χ2n) is 7.89. The minimum absolute atomic E-state index is 0.441. The van der Waals surface area contributed by atoms with Gasteiger partial charge in [0.05, 0.1) is 47.8 Å². The van der Waals surface area contributed by atoms with Crippen molar-refractivity contribution in [2.24, 2.45) is 5.73 Å². The van der Waals surface area contributed by atoms with Crippen LogP contribution in [0.5, 0.6) is 17.2 Å². The molecule has 3 rings (SSSR count). The normalized spacial score (nSPS) is 10.7. The molecule has 11 heteroatoms. The molecule has 1 heterocycles. The topological polar surface area (TPSA) is 135 Å². The highest BCUT2D eigenvalue weighted by atomic mass is 16.5. The summed E-state index contributed by atoms with van der Waals surface area (Å²) in [7, 11) is 4.75. The van der Waals surface area contributed by atoms with E-state index in [0.29, 0.717) is 87.5 Å². The first-order chi connectivity index (χ1) is 18.2. The van der Waals surface area contributed by atoms with E-state index in [-0.39, 0.29) is 0 Å². The predicted octanol–water partition coefficient (Wildman–Crippen LogP) is 2.50. The summed E-state index contributed by atoms with van der Waals surface area (Å²) in [4.78, 5) is 13.8. The Morgan fingerprint density at radius 2 is 1.38 bits per heavy atom. The fourth-order valence-corrected chi connectivity index (χ4v) is 3.49. The number of nitrogens with one attached hydrogen (secondary N) is 2. The van der Waals surface area contributed by atoms with Crippen LogP contribution in [0.1, 0.15) is 17.0 Å². The molecule has 0 fully saturated rings. The van der Waals surface area contributed by atoms with Crippen molar-refractivity contribution in [2.45, 2.75) is 13.0 Å². The molecule has 0 atom stereocenters. The first kappa shape index (κ1) is 27.9. The average molecular weight is 513 g/mol. The van der Waals surface area contributed by atoms with Gasteiger partial charge < -0.3 is 40.1 Å². The van der Waals surface area contributed by atoms with Crippen molar-refractivity contribution >= 4 is 11.9 Å². The fraction of sp³-hybridized carbons (Fsp3) is 0.423. The Kier molecular flexibility index (Phi) is 11.6. The molecule has 0 aliphatic heterocycles. The number of benzene rings is 2. The van der Waals surface area contributed by atoms with E-state index in [1.807, 2.05) is 42.5 Å². The minimum atomic E-state index is 0.441. The van der Waals surface area contributed by atoms with Crippen LogP contribution in [-0.4, -0.2) is 75.8 Å². The summed E-state index contributed by atoms with van der Waals surface area (Å²) in [5.41, 5.74) is 7.43. The van der Waals surface area contributed by atoms with E-state index in [9.17, 15) is 0 Å². The lowest BCUT2D eigenvalue weighted by Crippen LogP contribution is -2.17. The SMILES string of the molecule is COc1cc(CNc2nc(Cc3ccccc3)nc(NCCOCCOCCN)n2)cc(OC)c1OC. The van der Waals surface area contributed by atoms with Crippen LogP contribution in [-0.2, 0) is 22.4 Å². The van der Waals surface area contributed by atoms with Gasteiger partial charge in [-0.1, -0.05) is 30.3 Å². The van der Waals surface area contributed by atoms with Crippen LogP contribution in [0.4, 0.5) is 11.9 Å². The number of nitrogens with two attached hydrogens (primary N) is 1. The Morgan fingerprint density at radius 3 is 2.00 bits per heavy atom. The molecule has 0 bridgehead atoms. The second kappa shape index (κ2) is 15.4. The van der Waals surface area contributed by atoms with E-state index in [1.165, 1.54) is 0 Å². The molecule has 0 aliphatic rings. The summed E-state index contributed by atoms with van der Waals surface area (Å²) in [6, 6.07) is 13.8. The molecule has 1 aromatic heterocycles. The molecule has 4 N–H and O–H groups in total. The van der Waals surface area contributed by atoms with Gasteiger partial charge in [0.2, 0.25) is 17.6 Å². The molecule has 0 radical (unpaired) electrons. The molecule has 2 aromatic carbocycles. The summed E-state index contributed by atoms with van der Waals surface area (Å²) in [6.07, 6.45) is 0.575. The van der Waals surface area contributed by atoms with Gasteiger partial charge in [0.1, 0.15) is 5.82 Å². The van der Waals surface area contributed by atoms with E-state index in [0.717, 1.165) is 11.1 Å². The highest BCUT2D eigenvalue weighted by Gasteiger charge is 2.14. The van der Waals surface area contributed by atoms with Crippen molar-refractivity contribution in [3.8, 4) is 17.2 Å². The number of ether oxygens (including phenoxy) is 5. The number of rotatable bonds is 17. The van der Waals surface area contributed by atoms with Crippen LogP contribution in [0.2, 0.25) is 0 Å². The summed E-state index contributed by atoms with van der Waals surface area (Å²) >= 11 is 0. The largest absolute Gasteiger partial charge is 0.493 e. The van der Waals surface area contributed by atoms with Gasteiger partial charge in [-0.15, -0.1) is 0 Å². The maximum atomic E-state index is 5.58. The van der Waals surface area contributed by atoms with Crippen LogP contribution in [0, 0.1) is 0 Å². The van der Waals surface area contributed by atoms with E-state index < -0.39 is 0 Å². The molecule has 0 unspecified atom stereocenters. The molecule has 11 nitrogen and oxygen atoms in total. The molecule has 37 heavy (non-hydrogen) atoms. The summed E-state index contributed by atoms with van der Waals surface area (Å²) in [5, 5.41) is 6.50. The lowest BCUT2D eigenvalue weighted by atomic mass is 10.1. The Morgan fingerprint density at radius 1 is 0.730 bits per heavy atom. The third-order valence-corrected chi connectivity index (χ3v) is 5.23. The predicted molar refractivity (Wildman–Crippen MR) is 142 cm³/mol. The van der Waals surface area contributed by atoms with Crippen molar-refractivity contribution in [1.82, 2.24) is 15.0 Å². The van der Waals surface area contributed by atoms with Crippen LogP contribution in [0.25, 0.3) is 0 Å². The Bertz CT molecular complexity index is 1060. The maximum Gasteiger partial charge on any atom is 0.228 e. The number of hydrogen-bond acceptors (Lipinski definition) is 11. The van der Waals surface area contributed by atoms with Gasteiger partial charge >= 0.3 is 0 Å². The standard InChI is InChI=1S/C26H36N6O5/c1-33-21-15-20(16-22(34-2)24(21)35-3)18-29-26-31-23(17-19-7-5-4-6-8-19)30-25(32-26)28-10-12-37-14-13-36-11-9-27/h4-8,15-16H,9-14,17-18,27H2,1-3H3,(H2,28,29,30,31,32). The number of hydrogen-bond donors (Lipinski definition) is 3.